The van der Waals surface area contributed by atoms with Gasteiger partial charge in [-0.05, 0) is 12.8 Å². The fourth-order valence-corrected chi connectivity index (χ4v) is 4.13. The zero-order valence-electron chi connectivity index (χ0n) is 20.9. The third kappa shape index (κ3) is 21.0. The molecule has 0 fully saturated rings. The van der Waals surface area contributed by atoms with Gasteiger partial charge in [0, 0.05) is 0 Å². The molecular weight excluding hydrogens is 388 g/mol. The highest BCUT2D eigenvalue weighted by Crippen LogP contribution is 2.21. The Hall–Kier alpha value is -0.610. The highest BCUT2D eigenvalue weighted by molar-refractivity contribution is 5.72. The molecule has 0 amide bonds. The van der Waals surface area contributed by atoms with Gasteiger partial charge in [0.25, 0.3) is 0 Å². The molecular formula is C27H54O4. The van der Waals surface area contributed by atoms with Gasteiger partial charge < -0.3 is 14.9 Å². The van der Waals surface area contributed by atoms with Crippen LogP contribution in [0.15, 0.2) is 0 Å². The second kappa shape index (κ2) is 24.0. The maximum absolute atomic E-state index is 12.4. The standard InChI is InChI=1S/C27H54O4/c1-3-5-7-9-11-12-13-14-15-16-18-20-22-25(21-19-17-10-8-6-4-2)27(30)31-24-26(29)23-28/h25-26,28-29H,3-24H2,1-2H3. The smallest absolute Gasteiger partial charge is 0.309 e. The zero-order valence-corrected chi connectivity index (χ0v) is 20.9. The molecule has 186 valence electrons. The van der Waals surface area contributed by atoms with Crippen LogP contribution in [-0.4, -0.2) is 35.5 Å². The average Bonchev–Trinajstić information content (AvgIpc) is 2.78. The Morgan fingerprint density at radius 1 is 0.645 bits per heavy atom. The lowest BCUT2D eigenvalue weighted by molar-refractivity contribution is -0.152. The molecule has 0 aliphatic heterocycles. The predicted octanol–water partition coefficient (Wildman–Crippen LogP) is 7.34. The maximum atomic E-state index is 12.4. The molecule has 0 radical (unpaired) electrons. The van der Waals surface area contributed by atoms with Crippen LogP contribution in [0.3, 0.4) is 0 Å². The van der Waals surface area contributed by atoms with Crippen molar-refractivity contribution in [3.05, 3.63) is 0 Å². The molecule has 4 heteroatoms. The molecule has 0 aromatic carbocycles. The Bertz CT molecular complexity index is 372. The molecule has 0 bridgehead atoms. The van der Waals surface area contributed by atoms with Crippen molar-refractivity contribution < 1.29 is 19.7 Å². The Kier molecular flexibility index (Phi) is 23.6. The summed E-state index contributed by atoms with van der Waals surface area (Å²) in [5.41, 5.74) is 0. The molecule has 4 nitrogen and oxygen atoms in total. The summed E-state index contributed by atoms with van der Waals surface area (Å²) in [6, 6.07) is 0. The van der Waals surface area contributed by atoms with Crippen LogP contribution in [0.2, 0.25) is 0 Å². The van der Waals surface area contributed by atoms with Crippen molar-refractivity contribution in [1.82, 2.24) is 0 Å². The van der Waals surface area contributed by atoms with Crippen LogP contribution >= 0.6 is 0 Å². The molecule has 2 N–H and O–H groups in total. The molecule has 31 heavy (non-hydrogen) atoms. The normalized spacial score (nSPS) is 13.3. The van der Waals surface area contributed by atoms with Gasteiger partial charge in [-0.1, -0.05) is 129 Å². The van der Waals surface area contributed by atoms with E-state index in [9.17, 15) is 9.90 Å². The lowest BCUT2D eigenvalue weighted by atomic mass is 9.94. The van der Waals surface area contributed by atoms with Crippen LogP contribution in [0, 0.1) is 5.92 Å². The summed E-state index contributed by atoms with van der Waals surface area (Å²) in [5, 5.41) is 18.4. The van der Waals surface area contributed by atoms with E-state index in [0.29, 0.717) is 0 Å². The number of unbranched alkanes of at least 4 members (excludes halogenated alkanes) is 16. The SMILES string of the molecule is CCCCCCCCCCCCCCC(CCCCCCCC)C(=O)OCC(O)CO. The van der Waals surface area contributed by atoms with Gasteiger partial charge in [-0.3, -0.25) is 4.79 Å². The number of esters is 1. The van der Waals surface area contributed by atoms with Crippen LogP contribution in [0.1, 0.15) is 142 Å². The first-order valence-corrected chi connectivity index (χ1v) is 13.6. The zero-order chi connectivity index (χ0) is 23.0. The first-order chi connectivity index (χ1) is 15.2. The predicted molar refractivity (Wildman–Crippen MR) is 131 cm³/mol. The van der Waals surface area contributed by atoms with E-state index in [0.717, 1.165) is 25.7 Å². The number of rotatable bonds is 24. The van der Waals surface area contributed by atoms with Crippen LogP contribution in [0.5, 0.6) is 0 Å². The minimum atomic E-state index is -0.967. The van der Waals surface area contributed by atoms with E-state index in [1.54, 1.807) is 0 Å². The van der Waals surface area contributed by atoms with E-state index >= 15 is 0 Å². The Balaban J connectivity index is 3.92. The van der Waals surface area contributed by atoms with E-state index in [-0.39, 0.29) is 25.1 Å². The number of carbonyl (C=O) groups is 1. The van der Waals surface area contributed by atoms with Crippen LogP contribution in [0.25, 0.3) is 0 Å². The number of aliphatic hydroxyl groups is 2. The molecule has 0 aromatic rings. The van der Waals surface area contributed by atoms with E-state index in [1.807, 2.05) is 0 Å². The quantitative estimate of drug-likeness (QED) is 0.121. The minimum absolute atomic E-state index is 0.0554. The monoisotopic (exact) mass is 442 g/mol. The fourth-order valence-electron chi connectivity index (χ4n) is 4.13. The molecule has 0 saturated heterocycles. The lowest BCUT2D eigenvalue weighted by Gasteiger charge is -2.17. The Morgan fingerprint density at radius 2 is 1.00 bits per heavy atom. The number of aliphatic hydroxyl groups excluding tert-OH is 2. The summed E-state index contributed by atoms with van der Waals surface area (Å²) in [5.74, 6) is -0.246. The molecule has 0 aromatic heterocycles. The highest BCUT2D eigenvalue weighted by atomic mass is 16.5. The third-order valence-corrected chi connectivity index (χ3v) is 6.27. The summed E-state index contributed by atoms with van der Waals surface area (Å²) in [6.07, 6.45) is 24.0. The summed E-state index contributed by atoms with van der Waals surface area (Å²) in [7, 11) is 0. The van der Waals surface area contributed by atoms with Crippen molar-refractivity contribution in [3.63, 3.8) is 0 Å². The van der Waals surface area contributed by atoms with E-state index in [2.05, 4.69) is 13.8 Å². The topological polar surface area (TPSA) is 66.8 Å². The van der Waals surface area contributed by atoms with Crippen molar-refractivity contribution in [2.45, 2.75) is 148 Å². The molecule has 0 saturated carbocycles. The fraction of sp³-hybridized carbons (Fsp3) is 0.963. The van der Waals surface area contributed by atoms with Gasteiger partial charge in [0.2, 0.25) is 0 Å². The highest BCUT2D eigenvalue weighted by Gasteiger charge is 2.20. The van der Waals surface area contributed by atoms with E-state index in [4.69, 9.17) is 9.84 Å². The van der Waals surface area contributed by atoms with Crippen LogP contribution < -0.4 is 0 Å². The van der Waals surface area contributed by atoms with Gasteiger partial charge in [0.15, 0.2) is 0 Å². The number of carbonyl (C=O) groups excluding carboxylic acids is 1. The third-order valence-electron chi connectivity index (χ3n) is 6.27. The van der Waals surface area contributed by atoms with Gasteiger partial charge in [-0.2, -0.15) is 0 Å². The summed E-state index contributed by atoms with van der Waals surface area (Å²) < 4.78 is 5.26. The summed E-state index contributed by atoms with van der Waals surface area (Å²) in [6.45, 7) is 4.03. The van der Waals surface area contributed by atoms with Gasteiger partial charge in [-0.15, -0.1) is 0 Å². The van der Waals surface area contributed by atoms with Gasteiger partial charge >= 0.3 is 5.97 Å². The largest absolute Gasteiger partial charge is 0.463 e. The molecule has 0 aliphatic carbocycles. The number of hydrogen-bond donors (Lipinski definition) is 2. The second-order valence-corrected chi connectivity index (χ2v) is 9.40. The Labute approximate surface area is 193 Å². The van der Waals surface area contributed by atoms with Crippen LogP contribution in [-0.2, 0) is 9.53 Å². The molecule has 0 heterocycles. The minimum Gasteiger partial charge on any atom is -0.463 e. The van der Waals surface area contributed by atoms with Crippen molar-refractivity contribution in [2.75, 3.05) is 13.2 Å². The Morgan fingerprint density at radius 3 is 1.35 bits per heavy atom. The lowest BCUT2D eigenvalue weighted by Crippen LogP contribution is -2.25. The summed E-state index contributed by atoms with van der Waals surface area (Å²) in [4.78, 5) is 12.4. The van der Waals surface area contributed by atoms with Crippen molar-refractivity contribution >= 4 is 5.97 Å². The van der Waals surface area contributed by atoms with Crippen molar-refractivity contribution in [2.24, 2.45) is 5.92 Å². The molecule has 2 atom stereocenters. The summed E-state index contributed by atoms with van der Waals surface area (Å²) >= 11 is 0. The number of ether oxygens (including phenoxy) is 1. The maximum Gasteiger partial charge on any atom is 0.309 e. The second-order valence-electron chi connectivity index (χ2n) is 9.40. The van der Waals surface area contributed by atoms with E-state index in [1.165, 1.54) is 103 Å². The van der Waals surface area contributed by atoms with Crippen molar-refractivity contribution in [1.29, 1.82) is 0 Å². The molecule has 2 unspecified atom stereocenters. The first-order valence-electron chi connectivity index (χ1n) is 13.6. The van der Waals surface area contributed by atoms with E-state index < -0.39 is 6.10 Å². The van der Waals surface area contributed by atoms with Crippen LogP contribution in [0.4, 0.5) is 0 Å². The molecule has 0 spiro atoms. The molecule has 0 aliphatic rings. The number of hydrogen-bond acceptors (Lipinski definition) is 4. The first kappa shape index (κ1) is 30.4. The molecule has 0 rings (SSSR count). The average molecular weight is 443 g/mol. The van der Waals surface area contributed by atoms with Gasteiger partial charge in [-0.25, -0.2) is 0 Å². The van der Waals surface area contributed by atoms with Gasteiger partial charge in [0.05, 0.1) is 12.5 Å². The van der Waals surface area contributed by atoms with Crippen molar-refractivity contribution in [3.8, 4) is 0 Å². The van der Waals surface area contributed by atoms with Gasteiger partial charge in [0.1, 0.15) is 12.7 Å².